The van der Waals surface area contributed by atoms with Gasteiger partial charge in [-0.15, -0.1) is 11.3 Å². The van der Waals surface area contributed by atoms with Crippen molar-refractivity contribution in [3.05, 3.63) is 46.3 Å². The fourth-order valence-corrected chi connectivity index (χ4v) is 4.48. The van der Waals surface area contributed by atoms with Crippen LogP contribution in [0, 0.1) is 18.3 Å². The molecule has 11 heteroatoms. The molecule has 0 saturated heterocycles. The van der Waals surface area contributed by atoms with E-state index in [0.717, 1.165) is 23.1 Å². The van der Waals surface area contributed by atoms with Gasteiger partial charge in [-0.25, -0.2) is 0 Å². The Bertz CT molecular complexity index is 1100. The number of nitrogens with zero attached hydrogens (tertiary/aromatic N) is 3. The van der Waals surface area contributed by atoms with Gasteiger partial charge in [-0.1, -0.05) is 34.6 Å². The Kier molecular flexibility index (Phi) is 6.71. The number of carbonyl (C=O) groups is 2. The number of hydrogen-bond donors (Lipinski definition) is 2. The Morgan fingerprint density at radius 2 is 2.07 bits per heavy atom. The van der Waals surface area contributed by atoms with Gasteiger partial charge < -0.3 is 20.3 Å². The minimum Gasteiger partial charge on any atom is -0.538 e. The normalized spacial score (nSPS) is 10.4. The lowest BCUT2D eigenvalue weighted by Crippen LogP contribution is -2.32. The molecule has 2 N–H and O–H groups in total. The van der Waals surface area contributed by atoms with Crippen molar-refractivity contribution in [2.45, 2.75) is 18.4 Å². The third kappa shape index (κ3) is 4.79. The van der Waals surface area contributed by atoms with Crippen molar-refractivity contribution in [1.29, 1.82) is 5.26 Å². The first-order valence-electron chi connectivity index (χ1n) is 8.76. The molecule has 2 heterocycles. The van der Waals surface area contributed by atoms with Crippen molar-refractivity contribution in [3.8, 4) is 12.0 Å². The minimum atomic E-state index is -0.558. The van der Waals surface area contributed by atoms with Crippen LogP contribution >= 0.6 is 23.1 Å². The van der Waals surface area contributed by atoms with Crippen molar-refractivity contribution in [2.75, 3.05) is 16.4 Å². The molecule has 1 aromatic carbocycles. The number of hydrogen-bond acceptors (Lipinski definition) is 8. The first-order valence-corrected chi connectivity index (χ1v) is 10.6. The Morgan fingerprint density at radius 3 is 2.70 bits per heavy atom. The number of benzene rings is 1. The molecule has 0 radical (unpaired) electrons. The highest BCUT2D eigenvalue weighted by atomic mass is 32.2. The van der Waals surface area contributed by atoms with Crippen LogP contribution in [0.15, 0.2) is 39.9 Å². The first kappa shape index (κ1) is 21.4. The zero-order chi connectivity index (χ0) is 21.7. The molecule has 154 valence electrons. The van der Waals surface area contributed by atoms with Crippen LogP contribution in [0.2, 0.25) is 0 Å². The molecule has 0 bridgehead atoms. The molecule has 2 aromatic heterocycles. The van der Waals surface area contributed by atoms with Gasteiger partial charge in [-0.2, -0.15) is 5.26 Å². The van der Waals surface area contributed by atoms with E-state index >= 15 is 0 Å². The Hall–Kier alpha value is -3.36. The molecule has 0 fully saturated rings. The maximum Gasteiger partial charge on any atom is 0.290 e. The van der Waals surface area contributed by atoms with Gasteiger partial charge in [0.1, 0.15) is 11.1 Å². The van der Waals surface area contributed by atoms with Crippen molar-refractivity contribution >= 4 is 45.6 Å². The summed E-state index contributed by atoms with van der Waals surface area (Å²) in [7, 11) is 1.57. The first-order chi connectivity index (χ1) is 14.4. The van der Waals surface area contributed by atoms with Crippen molar-refractivity contribution < 1.29 is 23.9 Å². The van der Waals surface area contributed by atoms with Crippen LogP contribution in [0.4, 0.5) is 10.7 Å². The minimum absolute atomic E-state index is 0.0998. The molecular formula is C19H17N5O4S2. The quantitative estimate of drug-likeness (QED) is 0.422. The number of anilines is 2. The molecule has 0 saturated carbocycles. The molecule has 0 unspecified atom stereocenters. The van der Waals surface area contributed by atoms with Gasteiger partial charge in [0.05, 0.1) is 15.7 Å². The fraction of sp³-hybridized carbons (Fsp3) is 0.211. The number of para-hydroxylation sites is 1. The third-order valence-corrected chi connectivity index (χ3v) is 6.35. The van der Waals surface area contributed by atoms with E-state index in [2.05, 4.69) is 20.4 Å². The second-order valence-electron chi connectivity index (χ2n) is 6.13. The predicted octanol–water partition coefficient (Wildman–Crippen LogP) is 2.19. The number of carbonyl (C=O) groups excluding carboxylic acids is 2. The highest BCUT2D eigenvalue weighted by molar-refractivity contribution is 7.99. The van der Waals surface area contributed by atoms with Gasteiger partial charge in [-0.05, 0) is 24.6 Å². The summed E-state index contributed by atoms with van der Waals surface area (Å²) in [4.78, 5) is 25.3. The molecule has 0 atom stereocenters. The van der Waals surface area contributed by atoms with E-state index in [9.17, 15) is 20.0 Å². The molecule has 0 spiro atoms. The summed E-state index contributed by atoms with van der Waals surface area (Å²) < 4.78 is 5.83. The van der Waals surface area contributed by atoms with E-state index < -0.39 is 5.95 Å². The second kappa shape index (κ2) is 9.43. The summed E-state index contributed by atoms with van der Waals surface area (Å²) in [6.45, 7) is 1.67. The standard InChI is InChI=1S/C19H17N5O4S2/c1-11-13(10-20)17(30-15(11)16(26)21-12-6-4-3-5-7-12)22-14(25)8-9-29-18-19(27)28-23-24(18)2/h3-7H,8-9H2,1-2H3,(H2-,21,22,23,25,26,27). The highest BCUT2D eigenvalue weighted by Gasteiger charge is 2.22. The second-order valence-corrected chi connectivity index (χ2v) is 8.23. The lowest BCUT2D eigenvalue weighted by Gasteiger charge is -2.03. The van der Waals surface area contributed by atoms with Crippen LogP contribution in [0.3, 0.4) is 0 Å². The molecule has 9 nitrogen and oxygen atoms in total. The Morgan fingerprint density at radius 1 is 1.33 bits per heavy atom. The van der Waals surface area contributed by atoms with E-state index in [1.54, 1.807) is 38.2 Å². The zero-order valence-electron chi connectivity index (χ0n) is 16.1. The SMILES string of the molecule is Cc1c(C(=O)Nc2ccccc2)sc(NC(=O)CCSc2c([O-])on[n+]2C)c1C#N. The average molecular weight is 444 g/mol. The van der Waals surface area contributed by atoms with E-state index in [4.69, 9.17) is 0 Å². The van der Waals surface area contributed by atoms with Gasteiger partial charge in [0.15, 0.2) is 13.0 Å². The molecule has 0 aliphatic heterocycles. The lowest BCUT2D eigenvalue weighted by molar-refractivity contribution is -0.772. The van der Waals surface area contributed by atoms with Crippen molar-refractivity contribution in [3.63, 3.8) is 0 Å². The lowest BCUT2D eigenvalue weighted by atomic mass is 10.1. The zero-order valence-corrected chi connectivity index (χ0v) is 17.7. The van der Waals surface area contributed by atoms with E-state index in [-0.39, 0.29) is 23.8 Å². The number of aromatic nitrogens is 2. The van der Waals surface area contributed by atoms with Gasteiger partial charge in [0.25, 0.3) is 10.9 Å². The molecule has 3 rings (SSSR count). The summed E-state index contributed by atoms with van der Waals surface area (Å²) in [6, 6.07) is 11.0. The maximum atomic E-state index is 12.6. The van der Waals surface area contributed by atoms with Crippen molar-refractivity contribution in [1.82, 2.24) is 5.27 Å². The number of nitrogens with one attached hydrogen (secondary N) is 2. The molecule has 0 aliphatic rings. The van der Waals surface area contributed by atoms with Gasteiger partial charge >= 0.3 is 0 Å². The van der Waals surface area contributed by atoms with E-state index in [1.165, 1.54) is 4.68 Å². The summed E-state index contributed by atoms with van der Waals surface area (Å²) >= 11 is 2.20. The largest absolute Gasteiger partial charge is 0.538 e. The number of amides is 2. The summed E-state index contributed by atoms with van der Waals surface area (Å²) in [5.41, 5.74) is 1.40. The van der Waals surface area contributed by atoms with Crippen LogP contribution in [-0.2, 0) is 11.8 Å². The van der Waals surface area contributed by atoms with Crippen LogP contribution in [0.5, 0.6) is 5.95 Å². The fourth-order valence-electron chi connectivity index (χ4n) is 2.55. The van der Waals surface area contributed by atoms with Gasteiger partial charge in [0, 0.05) is 17.9 Å². The predicted molar refractivity (Wildman–Crippen MR) is 109 cm³/mol. The maximum absolute atomic E-state index is 12.6. The molecule has 3 aromatic rings. The summed E-state index contributed by atoms with van der Waals surface area (Å²) in [6.07, 6.45) is 0.0998. The molecule has 0 aliphatic carbocycles. The topological polar surface area (TPSA) is 135 Å². The summed E-state index contributed by atoms with van der Waals surface area (Å²) in [5, 5.41) is 30.5. The smallest absolute Gasteiger partial charge is 0.290 e. The van der Waals surface area contributed by atoms with Gasteiger partial charge in [-0.3, -0.25) is 9.59 Å². The van der Waals surface area contributed by atoms with Crippen LogP contribution < -0.4 is 20.4 Å². The Balaban J connectivity index is 1.65. The number of thioether (sulfide) groups is 1. The van der Waals surface area contributed by atoms with Crippen LogP contribution in [-0.4, -0.2) is 22.8 Å². The van der Waals surface area contributed by atoms with E-state index in [0.29, 0.717) is 31.9 Å². The molecule has 30 heavy (non-hydrogen) atoms. The average Bonchev–Trinajstić information content (AvgIpc) is 3.21. The van der Waals surface area contributed by atoms with Crippen molar-refractivity contribution in [2.24, 2.45) is 7.05 Å². The number of thiophene rings is 1. The summed E-state index contributed by atoms with van der Waals surface area (Å²) in [5.74, 6) is -0.914. The molecule has 2 amide bonds. The van der Waals surface area contributed by atoms with Crippen LogP contribution in [0.1, 0.15) is 27.2 Å². The highest BCUT2D eigenvalue weighted by Crippen LogP contribution is 2.33. The van der Waals surface area contributed by atoms with Crippen LogP contribution in [0.25, 0.3) is 0 Å². The number of rotatable bonds is 7. The number of aryl methyl sites for hydroxylation is 1. The monoisotopic (exact) mass is 443 g/mol. The van der Waals surface area contributed by atoms with Gasteiger partial charge in [0.2, 0.25) is 5.91 Å². The number of nitriles is 1. The van der Waals surface area contributed by atoms with E-state index in [1.807, 2.05) is 12.1 Å². The third-order valence-electron chi connectivity index (χ3n) is 4.03. The Labute approximate surface area is 180 Å². The molecular weight excluding hydrogens is 426 g/mol.